The maximum absolute atomic E-state index is 5.54. The molecule has 1 saturated carbocycles. The molecule has 0 amide bonds. The lowest BCUT2D eigenvalue weighted by molar-refractivity contribution is 0.0323. The van der Waals surface area contributed by atoms with Crippen molar-refractivity contribution in [3.05, 3.63) is 0 Å². The Bertz CT molecular complexity index is 231. The normalized spacial score (nSPS) is 44.8. The molecule has 3 aliphatic rings. The molecule has 1 aliphatic carbocycles. The van der Waals surface area contributed by atoms with Gasteiger partial charge in [0.2, 0.25) is 0 Å². The van der Waals surface area contributed by atoms with Gasteiger partial charge in [-0.05, 0) is 50.6 Å². The van der Waals surface area contributed by atoms with Crippen molar-refractivity contribution in [3.8, 4) is 0 Å². The molecule has 2 saturated heterocycles. The smallest absolute Gasteiger partial charge is 0.0586 e. The van der Waals surface area contributed by atoms with Gasteiger partial charge in [-0.25, -0.2) is 0 Å². The van der Waals surface area contributed by atoms with Crippen molar-refractivity contribution in [2.75, 3.05) is 33.3 Å². The van der Waals surface area contributed by atoms with Crippen LogP contribution >= 0.6 is 0 Å². The van der Waals surface area contributed by atoms with E-state index in [0.717, 1.165) is 17.9 Å². The fourth-order valence-corrected chi connectivity index (χ4v) is 3.86. The summed E-state index contributed by atoms with van der Waals surface area (Å²) in [5, 5.41) is 3.52. The first kappa shape index (κ1) is 11.0. The van der Waals surface area contributed by atoms with Gasteiger partial charge in [0.1, 0.15) is 0 Å². The first-order chi connectivity index (χ1) is 7.86. The topological polar surface area (TPSA) is 24.5 Å². The molecule has 2 heterocycles. The summed E-state index contributed by atoms with van der Waals surface area (Å²) in [4.78, 5) is 2.75. The lowest BCUT2D eigenvalue weighted by Gasteiger charge is -2.35. The summed E-state index contributed by atoms with van der Waals surface area (Å²) in [7, 11) is 1.87. The van der Waals surface area contributed by atoms with Crippen LogP contribution in [0.15, 0.2) is 0 Å². The van der Waals surface area contributed by atoms with Gasteiger partial charge < -0.3 is 10.1 Å². The van der Waals surface area contributed by atoms with Crippen molar-refractivity contribution < 1.29 is 4.74 Å². The predicted octanol–water partition coefficient (Wildman–Crippen LogP) is 1.10. The molecule has 92 valence electrons. The third-order valence-corrected chi connectivity index (χ3v) is 4.87. The Morgan fingerprint density at radius 3 is 2.56 bits per heavy atom. The van der Waals surface area contributed by atoms with Crippen LogP contribution in [0.25, 0.3) is 0 Å². The highest BCUT2D eigenvalue weighted by Gasteiger charge is 2.39. The molecule has 2 aliphatic heterocycles. The van der Waals surface area contributed by atoms with Crippen LogP contribution in [-0.4, -0.2) is 50.3 Å². The van der Waals surface area contributed by atoms with Gasteiger partial charge in [0.15, 0.2) is 0 Å². The second-order valence-corrected chi connectivity index (χ2v) is 5.81. The number of ether oxygens (including phenoxy) is 1. The van der Waals surface area contributed by atoms with E-state index in [9.17, 15) is 0 Å². The lowest BCUT2D eigenvalue weighted by atomic mass is 9.92. The van der Waals surface area contributed by atoms with Crippen LogP contribution in [0.4, 0.5) is 0 Å². The van der Waals surface area contributed by atoms with E-state index < -0.39 is 0 Å². The van der Waals surface area contributed by atoms with Gasteiger partial charge in [-0.15, -0.1) is 0 Å². The van der Waals surface area contributed by atoms with Crippen molar-refractivity contribution in [2.45, 2.75) is 37.8 Å². The average Bonchev–Trinajstić information content (AvgIpc) is 2.89. The number of rotatable bonds is 2. The Morgan fingerprint density at radius 2 is 1.88 bits per heavy atom. The first-order valence-electron chi connectivity index (χ1n) is 6.84. The quantitative estimate of drug-likeness (QED) is 0.760. The zero-order valence-electron chi connectivity index (χ0n) is 10.3. The van der Waals surface area contributed by atoms with E-state index in [1.54, 1.807) is 0 Å². The van der Waals surface area contributed by atoms with Crippen molar-refractivity contribution in [1.29, 1.82) is 0 Å². The van der Waals surface area contributed by atoms with Crippen LogP contribution < -0.4 is 5.32 Å². The van der Waals surface area contributed by atoms with E-state index in [4.69, 9.17) is 4.74 Å². The minimum atomic E-state index is 0.525. The van der Waals surface area contributed by atoms with Crippen LogP contribution in [-0.2, 0) is 4.74 Å². The molecule has 0 radical (unpaired) electrons. The third kappa shape index (κ3) is 2.01. The molecular formula is C13H24N2O. The number of likely N-dealkylation sites (tertiary alicyclic amines) is 1. The highest BCUT2D eigenvalue weighted by atomic mass is 16.5. The predicted molar refractivity (Wildman–Crippen MR) is 64.5 cm³/mol. The molecule has 0 aromatic rings. The summed E-state index contributed by atoms with van der Waals surface area (Å²) in [5.41, 5.74) is 0. The Labute approximate surface area is 98.5 Å². The van der Waals surface area contributed by atoms with E-state index in [1.807, 2.05) is 7.11 Å². The van der Waals surface area contributed by atoms with Gasteiger partial charge >= 0.3 is 0 Å². The summed E-state index contributed by atoms with van der Waals surface area (Å²) in [6, 6.07) is 0.810. The van der Waals surface area contributed by atoms with Gasteiger partial charge in [0, 0.05) is 26.2 Å². The molecule has 3 nitrogen and oxygen atoms in total. The standard InChI is InChI=1S/C13H24N2O/c1-16-13-4-2-3-12(5-13)15-8-10-6-14-7-11(10)9-15/h10-14H,2-9H2,1H3. The number of nitrogens with zero attached hydrogens (tertiary/aromatic N) is 1. The Kier molecular flexibility index (Phi) is 3.18. The second kappa shape index (κ2) is 4.63. The Hall–Kier alpha value is -0.120. The number of methoxy groups -OCH3 is 1. The third-order valence-electron chi connectivity index (χ3n) is 4.87. The highest BCUT2D eigenvalue weighted by molar-refractivity contribution is 4.94. The van der Waals surface area contributed by atoms with Crippen LogP contribution in [0.5, 0.6) is 0 Å². The number of hydrogen-bond donors (Lipinski definition) is 1. The monoisotopic (exact) mass is 224 g/mol. The van der Waals surface area contributed by atoms with E-state index >= 15 is 0 Å². The van der Waals surface area contributed by atoms with E-state index in [-0.39, 0.29) is 0 Å². The number of nitrogens with one attached hydrogen (secondary N) is 1. The molecule has 3 fully saturated rings. The summed E-state index contributed by atoms with van der Waals surface area (Å²) < 4.78 is 5.54. The zero-order chi connectivity index (χ0) is 11.0. The SMILES string of the molecule is COC1CCCC(N2CC3CNCC3C2)C1. The molecule has 0 aromatic heterocycles. The molecule has 0 spiro atoms. The molecule has 0 aromatic carbocycles. The number of hydrogen-bond acceptors (Lipinski definition) is 3. The van der Waals surface area contributed by atoms with Crippen molar-refractivity contribution in [2.24, 2.45) is 11.8 Å². The molecular weight excluding hydrogens is 200 g/mol. The summed E-state index contributed by atoms with van der Waals surface area (Å²) in [6.07, 6.45) is 5.82. The van der Waals surface area contributed by atoms with Crippen molar-refractivity contribution in [1.82, 2.24) is 10.2 Å². The second-order valence-electron chi connectivity index (χ2n) is 5.81. The maximum Gasteiger partial charge on any atom is 0.0586 e. The van der Waals surface area contributed by atoms with Crippen LogP contribution in [0.2, 0.25) is 0 Å². The summed E-state index contributed by atoms with van der Waals surface area (Å²) >= 11 is 0. The molecule has 1 N–H and O–H groups in total. The maximum atomic E-state index is 5.54. The van der Waals surface area contributed by atoms with Crippen LogP contribution in [0.3, 0.4) is 0 Å². The zero-order valence-corrected chi connectivity index (χ0v) is 10.3. The average molecular weight is 224 g/mol. The summed E-state index contributed by atoms with van der Waals surface area (Å²) in [5.74, 6) is 1.87. The molecule has 4 unspecified atom stereocenters. The highest BCUT2D eigenvalue weighted by Crippen LogP contribution is 2.32. The minimum absolute atomic E-state index is 0.525. The van der Waals surface area contributed by atoms with Gasteiger partial charge in [0.25, 0.3) is 0 Å². The Morgan fingerprint density at radius 1 is 1.12 bits per heavy atom. The van der Waals surface area contributed by atoms with Crippen LogP contribution in [0, 0.1) is 11.8 Å². The fourth-order valence-electron chi connectivity index (χ4n) is 3.86. The van der Waals surface area contributed by atoms with Crippen LogP contribution in [0.1, 0.15) is 25.7 Å². The van der Waals surface area contributed by atoms with Gasteiger partial charge in [-0.3, -0.25) is 4.90 Å². The van der Waals surface area contributed by atoms with E-state index in [0.29, 0.717) is 6.10 Å². The van der Waals surface area contributed by atoms with Crippen molar-refractivity contribution in [3.63, 3.8) is 0 Å². The molecule has 4 atom stereocenters. The molecule has 0 bridgehead atoms. The molecule has 3 heteroatoms. The Balaban J connectivity index is 1.57. The largest absolute Gasteiger partial charge is 0.381 e. The minimum Gasteiger partial charge on any atom is -0.381 e. The molecule has 3 rings (SSSR count). The fraction of sp³-hybridized carbons (Fsp3) is 1.00. The van der Waals surface area contributed by atoms with Gasteiger partial charge in [-0.2, -0.15) is 0 Å². The summed E-state index contributed by atoms with van der Waals surface area (Å²) in [6.45, 7) is 5.17. The van der Waals surface area contributed by atoms with E-state index in [1.165, 1.54) is 51.9 Å². The number of fused-ring (bicyclic) bond motifs is 1. The van der Waals surface area contributed by atoms with Gasteiger partial charge in [0.05, 0.1) is 6.10 Å². The van der Waals surface area contributed by atoms with Gasteiger partial charge in [-0.1, -0.05) is 0 Å². The van der Waals surface area contributed by atoms with E-state index in [2.05, 4.69) is 10.2 Å². The van der Waals surface area contributed by atoms with Crippen molar-refractivity contribution >= 4 is 0 Å². The first-order valence-corrected chi connectivity index (χ1v) is 6.84. The molecule has 16 heavy (non-hydrogen) atoms. The lowest BCUT2D eigenvalue weighted by Crippen LogP contribution is -2.40.